The fraction of sp³-hybridized carbons (Fsp3) is 0.444. The number of rotatable bonds is 8. The Kier molecular flexibility index (Phi) is 6.21. The van der Waals surface area contributed by atoms with Gasteiger partial charge < -0.3 is 9.15 Å². The molecule has 0 aliphatic carbocycles. The third-order valence-corrected chi connectivity index (χ3v) is 5.31. The van der Waals surface area contributed by atoms with Gasteiger partial charge in [-0.2, -0.15) is 0 Å². The monoisotopic (exact) mass is 351 g/mol. The Morgan fingerprint density at radius 1 is 1.17 bits per heavy atom. The Hall–Kier alpha value is -1.63. The van der Waals surface area contributed by atoms with Crippen LogP contribution in [0.25, 0.3) is 0 Å². The first-order chi connectivity index (χ1) is 11.3. The molecule has 0 saturated carbocycles. The van der Waals surface area contributed by atoms with E-state index in [0.29, 0.717) is 5.76 Å². The highest BCUT2D eigenvalue weighted by Gasteiger charge is 2.22. The van der Waals surface area contributed by atoms with Crippen molar-refractivity contribution in [1.82, 2.24) is 4.72 Å². The molecule has 0 unspecified atom stereocenters. The van der Waals surface area contributed by atoms with Gasteiger partial charge in [-0.15, -0.1) is 0 Å². The number of aryl methyl sites for hydroxylation is 3. The molecule has 1 atom stereocenters. The second-order valence-electron chi connectivity index (χ2n) is 5.96. The van der Waals surface area contributed by atoms with Crippen molar-refractivity contribution in [2.24, 2.45) is 0 Å². The number of hydrogen-bond acceptors (Lipinski definition) is 4. The molecule has 1 aromatic heterocycles. The third-order valence-electron chi connectivity index (χ3n) is 3.96. The van der Waals surface area contributed by atoms with Crippen molar-refractivity contribution in [1.29, 1.82) is 0 Å². The predicted octanol–water partition coefficient (Wildman–Crippen LogP) is 3.27. The van der Waals surface area contributed by atoms with E-state index >= 15 is 0 Å². The molecule has 1 heterocycles. The molecule has 1 N–H and O–H groups in total. The fourth-order valence-corrected chi connectivity index (χ4v) is 3.80. The summed E-state index contributed by atoms with van der Waals surface area (Å²) in [5, 5.41) is 0. The Bertz CT molecular complexity index is 780. The standard InChI is InChI=1S/C18H25NO4S/c1-5-16-8-9-18(23-16)17(11-22-4)19-24(20,21)12-15-7-6-13(2)14(3)10-15/h6-10,17,19H,5,11-12H2,1-4H3/t17-/m1/s1. The Morgan fingerprint density at radius 3 is 2.50 bits per heavy atom. The van der Waals surface area contributed by atoms with Crippen LogP contribution < -0.4 is 4.72 Å². The van der Waals surface area contributed by atoms with Gasteiger partial charge in [0.25, 0.3) is 0 Å². The van der Waals surface area contributed by atoms with Crippen molar-refractivity contribution < 1.29 is 17.6 Å². The Balaban J connectivity index is 2.15. The maximum atomic E-state index is 12.5. The minimum absolute atomic E-state index is 0.0737. The van der Waals surface area contributed by atoms with Crippen LogP contribution in [0.5, 0.6) is 0 Å². The largest absolute Gasteiger partial charge is 0.464 e. The number of furan rings is 1. The molecule has 24 heavy (non-hydrogen) atoms. The molecule has 0 spiro atoms. The smallest absolute Gasteiger partial charge is 0.216 e. The quantitative estimate of drug-likeness (QED) is 0.792. The molecule has 1 aromatic carbocycles. The lowest BCUT2D eigenvalue weighted by atomic mass is 10.1. The summed E-state index contributed by atoms with van der Waals surface area (Å²) in [7, 11) is -1.99. The lowest BCUT2D eigenvalue weighted by molar-refractivity contribution is 0.165. The van der Waals surface area contributed by atoms with Gasteiger partial charge >= 0.3 is 0 Å². The van der Waals surface area contributed by atoms with E-state index < -0.39 is 16.1 Å². The Morgan fingerprint density at radius 2 is 1.92 bits per heavy atom. The molecule has 2 aromatic rings. The van der Waals surface area contributed by atoms with Crippen LogP contribution in [-0.2, 0) is 26.9 Å². The first-order valence-electron chi connectivity index (χ1n) is 7.98. The molecular weight excluding hydrogens is 326 g/mol. The molecule has 0 saturated heterocycles. The van der Waals surface area contributed by atoms with Crippen molar-refractivity contribution >= 4 is 10.0 Å². The van der Waals surface area contributed by atoms with Crippen LogP contribution >= 0.6 is 0 Å². The van der Waals surface area contributed by atoms with E-state index in [1.165, 1.54) is 7.11 Å². The van der Waals surface area contributed by atoms with E-state index in [2.05, 4.69) is 4.72 Å². The highest BCUT2D eigenvalue weighted by Crippen LogP contribution is 2.20. The summed E-state index contributed by atoms with van der Waals surface area (Å²) in [6, 6.07) is 8.80. The fourth-order valence-electron chi connectivity index (χ4n) is 2.48. The number of benzene rings is 1. The van der Waals surface area contributed by atoms with Crippen molar-refractivity contribution in [3.05, 3.63) is 58.5 Å². The number of ether oxygens (including phenoxy) is 1. The number of nitrogens with one attached hydrogen (secondary N) is 1. The molecule has 0 aliphatic heterocycles. The van der Waals surface area contributed by atoms with Crippen molar-refractivity contribution in [2.75, 3.05) is 13.7 Å². The molecule has 6 heteroatoms. The summed E-state index contributed by atoms with van der Waals surface area (Å²) in [6.07, 6.45) is 0.759. The van der Waals surface area contributed by atoms with Crippen molar-refractivity contribution in [2.45, 2.75) is 39.0 Å². The van der Waals surface area contributed by atoms with Gasteiger partial charge in [0.2, 0.25) is 10.0 Å². The molecule has 0 amide bonds. The highest BCUT2D eigenvalue weighted by atomic mass is 32.2. The van der Waals surface area contributed by atoms with Crippen molar-refractivity contribution in [3.8, 4) is 0 Å². The molecule has 0 bridgehead atoms. The number of methoxy groups -OCH3 is 1. The average Bonchev–Trinajstić information content (AvgIpc) is 2.99. The van der Waals surface area contributed by atoms with Gasteiger partial charge in [-0.3, -0.25) is 0 Å². The highest BCUT2D eigenvalue weighted by molar-refractivity contribution is 7.88. The second kappa shape index (κ2) is 7.96. The molecular formula is C18H25NO4S. The summed E-state index contributed by atoms with van der Waals surface area (Å²) in [4.78, 5) is 0. The average molecular weight is 351 g/mol. The lowest BCUT2D eigenvalue weighted by Gasteiger charge is -2.16. The molecule has 2 rings (SSSR count). The molecule has 0 fully saturated rings. The van der Waals surface area contributed by atoms with Crippen LogP contribution in [0, 0.1) is 13.8 Å². The first-order valence-corrected chi connectivity index (χ1v) is 9.63. The normalized spacial score (nSPS) is 13.2. The van der Waals surface area contributed by atoms with E-state index in [9.17, 15) is 8.42 Å². The van der Waals surface area contributed by atoms with E-state index in [1.807, 2.05) is 45.0 Å². The van der Waals surface area contributed by atoms with Crippen LogP contribution in [-0.4, -0.2) is 22.1 Å². The van der Waals surface area contributed by atoms with E-state index in [0.717, 1.165) is 28.9 Å². The van der Waals surface area contributed by atoms with Gasteiger partial charge in [0.15, 0.2) is 0 Å². The lowest BCUT2D eigenvalue weighted by Crippen LogP contribution is -2.32. The van der Waals surface area contributed by atoms with Gasteiger partial charge in [0.1, 0.15) is 17.6 Å². The van der Waals surface area contributed by atoms with Crippen LogP contribution in [0.15, 0.2) is 34.7 Å². The zero-order valence-electron chi connectivity index (χ0n) is 14.6. The molecule has 0 aliphatic rings. The van der Waals surface area contributed by atoms with E-state index in [4.69, 9.17) is 9.15 Å². The minimum Gasteiger partial charge on any atom is -0.464 e. The number of hydrogen-bond donors (Lipinski definition) is 1. The van der Waals surface area contributed by atoms with Gasteiger partial charge in [0.05, 0.1) is 12.4 Å². The van der Waals surface area contributed by atoms with Crippen molar-refractivity contribution in [3.63, 3.8) is 0 Å². The molecule has 5 nitrogen and oxygen atoms in total. The van der Waals surface area contributed by atoms with Crippen LogP contribution in [0.3, 0.4) is 0 Å². The van der Waals surface area contributed by atoms with Crippen LogP contribution in [0.1, 0.15) is 41.2 Å². The molecule has 132 valence electrons. The van der Waals surface area contributed by atoms with Gasteiger partial charge in [-0.1, -0.05) is 25.1 Å². The van der Waals surface area contributed by atoms with Gasteiger partial charge in [-0.05, 0) is 42.7 Å². The topological polar surface area (TPSA) is 68.5 Å². The Labute approximate surface area is 144 Å². The summed E-state index contributed by atoms with van der Waals surface area (Å²) in [5.74, 6) is 1.31. The van der Waals surface area contributed by atoms with Crippen LogP contribution in [0.4, 0.5) is 0 Å². The van der Waals surface area contributed by atoms with Gasteiger partial charge in [-0.25, -0.2) is 13.1 Å². The van der Waals surface area contributed by atoms with E-state index in [-0.39, 0.29) is 12.4 Å². The molecule has 0 radical (unpaired) electrons. The maximum absolute atomic E-state index is 12.5. The zero-order chi connectivity index (χ0) is 17.7. The summed E-state index contributed by atoms with van der Waals surface area (Å²) >= 11 is 0. The van der Waals surface area contributed by atoms with Gasteiger partial charge in [0, 0.05) is 13.5 Å². The predicted molar refractivity (Wildman–Crippen MR) is 94.4 cm³/mol. The summed E-state index contributed by atoms with van der Waals surface area (Å²) < 4.78 is 38.5. The summed E-state index contributed by atoms with van der Waals surface area (Å²) in [6.45, 7) is 6.17. The zero-order valence-corrected chi connectivity index (χ0v) is 15.4. The third kappa shape index (κ3) is 4.93. The van der Waals surface area contributed by atoms with Crippen LogP contribution in [0.2, 0.25) is 0 Å². The maximum Gasteiger partial charge on any atom is 0.216 e. The SMILES string of the molecule is CCc1ccc([C@@H](COC)NS(=O)(=O)Cc2ccc(C)c(C)c2)o1. The summed E-state index contributed by atoms with van der Waals surface area (Å²) in [5.41, 5.74) is 2.98. The van der Waals surface area contributed by atoms with E-state index in [1.54, 1.807) is 6.07 Å². The number of sulfonamides is 1. The second-order valence-corrected chi connectivity index (χ2v) is 7.71. The minimum atomic E-state index is -3.52. The first kappa shape index (κ1) is 18.7.